The van der Waals surface area contributed by atoms with E-state index in [1.54, 1.807) is 6.20 Å². The number of rotatable bonds is 3. The molecule has 0 fully saturated rings. The van der Waals surface area contributed by atoms with Crippen LogP contribution in [0.2, 0.25) is 5.15 Å². The number of pyridine rings is 2. The van der Waals surface area contributed by atoms with E-state index in [-0.39, 0.29) is 0 Å². The topological polar surface area (TPSA) is 37.8 Å². The van der Waals surface area contributed by atoms with Crippen LogP contribution < -0.4 is 5.32 Å². The van der Waals surface area contributed by atoms with Gasteiger partial charge in [-0.3, -0.25) is 0 Å². The third-order valence-electron chi connectivity index (χ3n) is 2.04. The molecule has 0 aromatic carbocycles. The number of hydrogen-bond acceptors (Lipinski definition) is 3. The first-order chi connectivity index (χ1) is 8.15. The van der Waals surface area contributed by atoms with Crippen molar-refractivity contribution in [1.29, 1.82) is 0 Å². The molecule has 0 radical (unpaired) electrons. The molecular weight excluding hydrogens is 369 g/mol. The fraction of sp³-hybridized carbons (Fsp3) is 0.0909. The molecule has 0 aliphatic rings. The number of nitrogens with zero attached hydrogens (tertiary/aromatic N) is 2. The molecule has 1 N–H and O–H groups in total. The van der Waals surface area contributed by atoms with Gasteiger partial charge in [-0.2, -0.15) is 0 Å². The summed E-state index contributed by atoms with van der Waals surface area (Å²) in [5.41, 5.74) is 1.71. The van der Waals surface area contributed by atoms with Gasteiger partial charge < -0.3 is 5.32 Å². The summed E-state index contributed by atoms with van der Waals surface area (Å²) in [6.07, 6.45) is 1.66. The first-order valence-electron chi connectivity index (χ1n) is 4.81. The molecule has 0 spiro atoms. The van der Waals surface area contributed by atoms with Gasteiger partial charge in [0.05, 0.1) is 17.9 Å². The lowest BCUT2D eigenvalue weighted by molar-refractivity contribution is 1.03. The molecule has 0 aliphatic heterocycles. The lowest BCUT2D eigenvalue weighted by atomic mass is 10.3. The highest BCUT2D eigenvalue weighted by molar-refractivity contribution is 9.10. The molecule has 0 saturated heterocycles. The van der Waals surface area contributed by atoms with E-state index in [9.17, 15) is 0 Å². The molecule has 6 heteroatoms. The molecule has 0 aliphatic carbocycles. The highest BCUT2D eigenvalue weighted by Gasteiger charge is 2.03. The molecule has 2 aromatic heterocycles. The van der Waals surface area contributed by atoms with Gasteiger partial charge in [0.1, 0.15) is 4.60 Å². The molecule has 0 bridgehead atoms. The van der Waals surface area contributed by atoms with E-state index < -0.39 is 0 Å². The lowest BCUT2D eigenvalue weighted by Gasteiger charge is -2.07. The molecule has 17 heavy (non-hydrogen) atoms. The molecule has 0 atom stereocenters. The fourth-order valence-electron chi connectivity index (χ4n) is 1.28. The zero-order valence-corrected chi connectivity index (χ0v) is 12.6. The van der Waals surface area contributed by atoms with Crippen LogP contribution in [0.3, 0.4) is 0 Å². The van der Waals surface area contributed by atoms with E-state index in [0.717, 1.165) is 20.5 Å². The van der Waals surface area contributed by atoms with Crippen LogP contribution >= 0.6 is 43.5 Å². The van der Waals surface area contributed by atoms with Crippen LogP contribution in [-0.2, 0) is 6.54 Å². The normalized spacial score (nSPS) is 10.3. The van der Waals surface area contributed by atoms with Crippen molar-refractivity contribution >= 4 is 49.1 Å². The molecule has 2 heterocycles. The van der Waals surface area contributed by atoms with Crippen LogP contribution in [0.25, 0.3) is 0 Å². The Morgan fingerprint density at radius 2 is 2.12 bits per heavy atom. The number of nitrogens with one attached hydrogen (secondary N) is 1. The Bertz CT molecular complexity index is 534. The summed E-state index contributed by atoms with van der Waals surface area (Å²) >= 11 is 12.6. The SMILES string of the molecule is Clc1ncc(Br)cc1NCc1cccc(Br)n1. The fourth-order valence-corrected chi connectivity index (χ4v) is 2.16. The number of anilines is 1. The minimum atomic E-state index is 0.447. The molecule has 3 nitrogen and oxygen atoms in total. The van der Waals surface area contributed by atoms with Gasteiger partial charge in [0, 0.05) is 10.7 Å². The maximum absolute atomic E-state index is 5.97. The first kappa shape index (κ1) is 12.8. The number of halogens is 3. The van der Waals surface area contributed by atoms with Crippen LogP contribution in [0, 0.1) is 0 Å². The summed E-state index contributed by atoms with van der Waals surface area (Å²) in [6.45, 7) is 0.595. The quantitative estimate of drug-likeness (QED) is 0.812. The third kappa shape index (κ3) is 3.66. The molecule has 0 saturated carbocycles. The Kier molecular flexibility index (Phi) is 4.36. The van der Waals surface area contributed by atoms with E-state index in [0.29, 0.717) is 11.7 Å². The Hall–Kier alpha value is -0.650. The van der Waals surface area contributed by atoms with Crippen LogP contribution in [0.1, 0.15) is 5.69 Å². The predicted molar refractivity (Wildman–Crippen MR) is 76.2 cm³/mol. The Morgan fingerprint density at radius 1 is 1.29 bits per heavy atom. The second-order valence-corrected chi connectivity index (χ2v) is 5.38. The van der Waals surface area contributed by atoms with Gasteiger partial charge in [-0.15, -0.1) is 0 Å². The number of hydrogen-bond donors (Lipinski definition) is 1. The monoisotopic (exact) mass is 375 g/mol. The smallest absolute Gasteiger partial charge is 0.152 e. The van der Waals surface area contributed by atoms with Crippen LogP contribution in [0.4, 0.5) is 5.69 Å². The van der Waals surface area contributed by atoms with Gasteiger partial charge in [0.2, 0.25) is 0 Å². The summed E-state index contributed by atoms with van der Waals surface area (Å²) in [7, 11) is 0. The van der Waals surface area contributed by atoms with Gasteiger partial charge in [-0.25, -0.2) is 9.97 Å². The maximum atomic E-state index is 5.97. The van der Waals surface area contributed by atoms with E-state index in [1.807, 2.05) is 24.3 Å². The van der Waals surface area contributed by atoms with Gasteiger partial charge in [-0.05, 0) is 50.1 Å². The molecule has 0 amide bonds. The molecular formula is C11H8Br2ClN3. The summed E-state index contributed by atoms with van der Waals surface area (Å²) < 4.78 is 1.70. The van der Waals surface area contributed by atoms with Crippen molar-refractivity contribution in [2.75, 3.05) is 5.32 Å². The Labute approximate surface area is 121 Å². The van der Waals surface area contributed by atoms with Crippen molar-refractivity contribution in [3.05, 3.63) is 50.4 Å². The second kappa shape index (κ2) is 5.80. The third-order valence-corrected chi connectivity index (χ3v) is 3.21. The van der Waals surface area contributed by atoms with Crippen molar-refractivity contribution in [1.82, 2.24) is 9.97 Å². The standard InChI is InChI=1S/C11H8Br2ClN3/c12-7-4-9(11(14)16-5-7)15-6-8-2-1-3-10(13)17-8/h1-5,15H,6H2. The van der Waals surface area contributed by atoms with E-state index in [2.05, 4.69) is 47.1 Å². The van der Waals surface area contributed by atoms with Crippen LogP contribution in [0.5, 0.6) is 0 Å². The highest BCUT2D eigenvalue weighted by Crippen LogP contribution is 2.23. The van der Waals surface area contributed by atoms with Crippen molar-refractivity contribution in [2.24, 2.45) is 0 Å². The van der Waals surface area contributed by atoms with Crippen molar-refractivity contribution < 1.29 is 0 Å². The minimum Gasteiger partial charge on any atom is -0.377 e. The molecule has 0 unspecified atom stereocenters. The van der Waals surface area contributed by atoms with Gasteiger partial charge >= 0.3 is 0 Å². The van der Waals surface area contributed by atoms with E-state index >= 15 is 0 Å². The summed E-state index contributed by atoms with van der Waals surface area (Å²) in [4.78, 5) is 8.35. The summed E-state index contributed by atoms with van der Waals surface area (Å²) in [5, 5.41) is 3.64. The zero-order valence-electron chi connectivity index (χ0n) is 8.62. The van der Waals surface area contributed by atoms with Gasteiger partial charge in [-0.1, -0.05) is 17.7 Å². The Morgan fingerprint density at radius 3 is 2.88 bits per heavy atom. The number of aromatic nitrogens is 2. The largest absolute Gasteiger partial charge is 0.377 e. The van der Waals surface area contributed by atoms with Crippen LogP contribution in [0.15, 0.2) is 39.5 Å². The van der Waals surface area contributed by atoms with Crippen molar-refractivity contribution in [2.45, 2.75) is 6.54 Å². The average molecular weight is 377 g/mol. The average Bonchev–Trinajstić information content (AvgIpc) is 2.30. The molecule has 2 aromatic rings. The first-order valence-corrected chi connectivity index (χ1v) is 6.78. The van der Waals surface area contributed by atoms with Gasteiger partial charge in [0.25, 0.3) is 0 Å². The van der Waals surface area contributed by atoms with Crippen molar-refractivity contribution in [3.63, 3.8) is 0 Å². The summed E-state index contributed by atoms with van der Waals surface area (Å²) in [5.74, 6) is 0. The second-order valence-electron chi connectivity index (χ2n) is 3.30. The van der Waals surface area contributed by atoms with E-state index in [4.69, 9.17) is 11.6 Å². The molecule has 2 rings (SSSR count). The summed E-state index contributed by atoms with van der Waals surface area (Å²) in [6, 6.07) is 7.65. The highest BCUT2D eigenvalue weighted by atomic mass is 79.9. The molecule has 88 valence electrons. The maximum Gasteiger partial charge on any atom is 0.152 e. The van der Waals surface area contributed by atoms with Crippen LogP contribution in [-0.4, -0.2) is 9.97 Å². The Balaban J connectivity index is 2.09. The van der Waals surface area contributed by atoms with E-state index in [1.165, 1.54) is 0 Å². The van der Waals surface area contributed by atoms with Crippen molar-refractivity contribution in [3.8, 4) is 0 Å². The van der Waals surface area contributed by atoms with Gasteiger partial charge in [0.15, 0.2) is 5.15 Å². The lowest BCUT2D eigenvalue weighted by Crippen LogP contribution is -2.02. The minimum absolute atomic E-state index is 0.447. The predicted octanol–water partition coefficient (Wildman–Crippen LogP) is 4.27. The zero-order chi connectivity index (χ0) is 12.3.